The van der Waals surface area contributed by atoms with Crippen LogP contribution < -0.4 is 0 Å². The van der Waals surface area contributed by atoms with E-state index in [9.17, 15) is 33.4 Å². The van der Waals surface area contributed by atoms with Crippen LogP contribution in [-0.2, 0) is 32.1 Å². The Bertz CT molecular complexity index is 1120. The van der Waals surface area contributed by atoms with Crippen LogP contribution in [0.3, 0.4) is 0 Å². The Morgan fingerprint density at radius 3 is 2.45 bits per heavy atom. The molecule has 10 nitrogen and oxygen atoms in total. The maximum atomic E-state index is 14.5. The highest BCUT2D eigenvalue weighted by atomic mass is 19.1. The van der Waals surface area contributed by atoms with E-state index in [1.807, 2.05) is 0 Å². The second-order valence-electron chi connectivity index (χ2n) is 9.26. The zero-order valence-electron chi connectivity index (χ0n) is 21.4. The minimum absolute atomic E-state index is 0.0472. The van der Waals surface area contributed by atoms with Crippen LogP contribution in [0.15, 0.2) is 42.5 Å². The molecule has 0 bridgehead atoms. The third kappa shape index (κ3) is 6.70. The molecule has 206 valence electrons. The first kappa shape index (κ1) is 29.1. The molecule has 38 heavy (non-hydrogen) atoms. The van der Waals surface area contributed by atoms with Crippen molar-refractivity contribution in [3.05, 3.63) is 65.2 Å². The molecule has 0 aromatic heterocycles. The summed E-state index contributed by atoms with van der Waals surface area (Å²) in [7, 11) is 3.21. The maximum absolute atomic E-state index is 14.5. The van der Waals surface area contributed by atoms with Gasteiger partial charge < -0.3 is 24.6 Å². The number of aliphatic hydroxyl groups excluding tert-OH is 1. The number of amides is 1. The van der Waals surface area contributed by atoms with E-state index < -0.39 is 42.0 Å². The van der Waals surface area contributed by atoms with Crippen LogP contribution in [0.2, 0.25) is 0 Å². The summed E-state index contributed by atoms with van der Waals surface area (Å²) in [6.07, 6.45) is -1.42. The first-order chi connectivity index (χ1) is 18.1. The van der Waals surface area contributed by atoms with Crippen LogP contribution in [0, 0.1) is 11.6 Å². The van der Waals surface area contributed by atoms with Gasteiger partial charge in [-0.1, -0.05) is 18.2 Å². The molecule has 0 aliphatic carbocycles. The number of aromatic hydroxyl groups is 1. The molecule has 0 saturated carbocycles. The minimum atomic E-state index is -1.13. The highest BCUT2D eigenvalue weighted by molar-refractivity contribution is 5.82. The number of carbonyl (C=O) groups excluding carboxylic acids is 3. The van der Waals surface area contributed by atoms with Gasteiger partial charge in [0, 0.05) is 25.2 Å². The molecular formula is C26H32F2N4O6. The van der Waals surface area contributed by atoms with E-state index in [2.05, 4.69) is 0 Å². The van der Waals surface area contributed by atoms with Crippen LogP contribution in [-0.4, -0.2) is 100 Å². The van der Waals surface area contributed by atoms with Crippen molar-refractivity contribution in [1.82, 2.24) is 19.8 Å². The van der Waals surface area contributed by atoms with Gasteiger partial charge in [0.25, 0.3) is 6.47 Å². The molecule has 2 N–H and O–H groups in total. The molecule has 12 heteroatoms. The normalized spacial score (nSPS) is 19.3. The van der Waals surface area contributed by atoms with Gasteiger partial charge in [-0.2, -0.15) is 5.01 Å². The lowest BCUT2D eigenvalue weighted by Gasteiger charge is -2.54. The summed E-state index contributed by atoms with van der Waals surface area (Å²) in [5.74, 6) is -1.87. The van der Waals surface area contributed by atoms with Crippen LogP contribution in [0.5, 0.6) is 5.75 Å². The number of phenols is 1. The molecule has 0 spiro atoms. The molecular weight excluding hydrogens is 502 g/mol. The minimum Gasteiger partial charge on any atom is -0.508 e. The third-order valence-corrected chi connectivity index (χ3v) is 6.56. The van der Waals surface area contributed by atoms with Gasteiger partial charge in [0.1, 0.15) is 42.7 Å². The summed E-state index contributed by atoms with van der Waals surface area (Å²) in [5.41, 5.74) is 0.836. The summed E-state index contributed by atoms with van der Waals surface area (Å²) in [5, 5.41) is 23.3. The van der Waals surface area contributed by atoms with Gasteiger partial charge in [-0.05, 0) is 44.2 Å². The molecule has 1 aliphatic heterocycles. The molecule has 0 radical (unpaired) electrons. The van der Waals surface area contributed by atoms with E-state index >= 15 is 0 Å². The van der Waals surface area contributed by atoms with Crippen LogP contribution in [0.1, 0.15) is 18.1 Å². The highest BCUT2D eigenvalue weighted by Crippen LogP contribution is 2.28. The molecule has 2 aromatic carbocycles. The topological polar surface area (TPSA) is 114 Å². The maximum Gasteiger partial charge on any atom is 0.293 e. The number of aldehydes is 1. The zero-order valence-corrected chi connectivity index (χ0v) is 21.4. The van der Waals surface area contributed by atoms with Crippen LogP contribution >= 0.6 is 0 Å². The van der Waals surface area contributed by atoms with E-state index in [4.69, 9.17) is 4.74 Å². The number of hydrazine groups is 1. The monoisotopic (exact) mass is 534 g/mol. The number of hydrogen-bond donors (Lipinski definition) is 2. The molecule has 2 aromatic rings. The van der Waals surface area contributed by atoms with Crippen molar-refractivity contribution >= 4 is 18.7 Å². The number of hydrogen-bond acceptors (Lipinski definition) is 9. The fourth-order valence-electron chi connectivity index (χ4n) is 4.79. The summed E-state index contributed by atoms with van der Waals surface area (Å²) < 4.78 is 33.0. The van der Waals surface area contributed by atoms with Crippen molar-refractivity contribution in [2.24, 2.45) is 0 Å². The number of ether oxygens (including phenoxy) is 1. The molecule has 4 atom stereocenters. The predicted octanol–water partition coefficient (Wildman–Crippen LogP) is 1.11. The SMILES string of the molecule is CC(O)N1C([C@H](COC=O)N(C)Cc2ccc(F)cc2F)N([C@H](C=O)Cc2ccc(O)cc2)C(=O)CN1C. The van der Waals surface area contributed by atoms with Gasteiger partial charge in [0.15, 0.2) is 0 Å². The van der Waals surface area contributed by atoms with E-state index in [1.54, 1.807) is 31.1 Å². The molecule has 2 unspecified atom stereocenters. The summed E-state index contributed by atoms with van der Waals surface area (Å²) in [6.45, 7) is 1.26. The van der Waals surface area contributed by atoms with Crippen LogP contribution in [0.25, 0.3) is 0 Å². The van der Waals surface area contributed by atoms with E-state index in [1.165, 1.54) is 40.0 Å². The lowest BCUT2D eigenvalue weighted by Crippen LogP contribution is -2.74. The van der Waals surface area contributed by atoms with Gasteiger partial charge in [-0.25, -0.2) is 13.8 Å². The number of phenolic OH excluding ortho intramolecular Hbond substituents is 1. The van der Waals surface area contributed by atoms with Crippen LogP contribution in [0.4, 0.5) is 8.78 Å². The molecule has 1 heterocycles. The predicted molar refractivity (Wildman–Crippen MR) is 132 cm³/mol. The smallest absolute Gasteiger partial charge is 0.293 e. The lowest BCUT2D eigenvalue weighted by atomic mass is 10.0. The van der Waals surface area contributed by atoms with E-state index in [-0.39, 0.29) is 43.9 Å². The number of likely N-dealkylation sites (N-methyl/N-ethyl adjacent to an activating group) is 2. The standard InChI is InChI=1S/C26H32F2N4O6/c1-17(35)32-26(24(15-38-16-34)29(2)12-19-6-7-20(27)11-23(19)28)31(25(37)13-30(32)3)21(14-33)10-18-4-8-22(36)9-5-18/h4-9,11,14,16-17,21,24,26,35-36H,10,12-13,15H2,1-3H3/t17?,21-,24-,26?/m0/s1. The second-order valence-corrected chi connectivity index (χ2v) is 9.26. The largest absolute Gasteiger partial charge is 0.508 e. The van der Waals surface area contributed by atoms with E-state index in [0.29, 0.717) is 11.8 Å². The Morgan fingerprint density at radius 2 is 1.87 bits per heavy atom. The number of rotatable bonds is 12. The lowest BCUT2D eigenvalue weighted by molar-refractivity contribution is -0.232. The van der Waals surface area contributed by atoms with Crippen molar-refractivity contribution in [2.45, 2.75) is 44.4 Å². The molecule has 1 saturated heterocycles. The summed E-state index contributed by atoms with van der Waals surface area (Å²) in [6, 6.07) is 7.52. The Labute approximate surface area is 219 Å². The number of carbonyl (C=O) groups is 3. The Morgan fingerprint density at radius 1 is 1.18 bits per heavy atom. The Kier molecular flexibility index (Phi) is 9.86. The number of aliphatic hydroxyl groups is 1. The number of benzene rings is 2. The highest BCUT2D eigenvalue weighted by Gasteiger charge is 2.47. The fourth-order valence-corrected chi connectivity index (χ4v) is 4.79. The van der Waals surface area contributed by atoms with Crippen molar-refractivity contribution in [3.63, 3.8) is 0 Å². The quantitative estimate of drug-likeness (QED) is 0.387. The Hall–Kier alpha value is -3.45. The fraction of sp³-hybridized carbons (Fsp3) is 0.423. The van der Waals surface area contributed by atoms with Gasteiger partial charge in [-0.3, -0.25) is 14.5 Å². The summed E-state index contributed by atoms with van der Waals surface area (Å²) >= 11 is 0. The first-order valence-corrected chi connectivity index (χ1v) is 12.0. The van der Waals surface area contributed by atoms with Gasteiger partial charge in [0.05, 0.1) is 18.6 Å². The van der Waals surface area contributed by atoms with Crippen molar-refractivity contribution in [2.75, 3.05) is 27.2 Å². The average Bonchev–Trinajstić information content (AvgIpc) is 2.85. The van der Waals surface area contributed by atoms with Gasteiger partial charge in [0.2, 0.25) is 5.91 Å². The van der Waals surface area contributed by atoms with Crippen molar-refractivity contribution in [1.29, 1.82) is 0 Å². The average molecular weight is 535 g/mol. The Balaban J connectivity index is 2.05. The zero-order chi connectivity index (χ0) is 28.0. The first-order valence-electron chi connectivity index (χ1n) is 12.0. The molecule has 1 amide bonds. The summed E-state index contributed by atoms with van der Waals surface area (Å²) in [4.78, 5) is 39.9. The number of halogens is 2. The van der Waals surface area contributed by atoms with Gasteiger partial charge in [-0.15, -0.1) is 0 Å². The molecule has 3 rings (SSSR count). The van der Waals surface area contributed by atoms with Crippen molar-refractivity contribution < 1.29 is 38.1 Å². The molecule has 1 aliphatic rings. The van der Waals surface area contributed by atoms with Gasteiger partial charge >= 0.3 is 0 Å². The third-order valence-electron chi connectivity index (χ3n) is 6.56. The van der Waals surface area contributed by atoms with E-state index in [0.717, 1.165) is 12.1 Å². The van der Waals surface area contributed by atoms with Crippen molar-refractivity contribution in [3.8, 4) is 5.75 Å². The second kappa shape index (κ2) is 12.9. The number of nitrogens with zero attached hydrogens (tertiary/aromatic N) is 4. The molecule has 1 fully saturated rings.